The number of anilines is 1. The molecule has 0 radical (unpaired) electrons. The third-order valence-corrected chi connectivity index (χ3v) is 13.9. The summed E-state index contributed by atoms with van der Waals surface area (Å²) >= 11 is 0.550. The molecule has 5 aromatic rings. The monoisotopic (exact) mass is 881 g/mol. The lowest BCUT2D eigenvalue weighted by Crippen LogP contribution is -2.36. The number of aromatic nitrogens is 6. The van der Waals surface area contributed by atoms with E-state index in [1.807, 2.05) is 4.98 Å². The Bertz CT molecular complexity index is 2590. The Morgan fingerprint density at radius 2 is 1.64 bits per heavy atom. The lowest BCUT2D eigenvalue weighted by Gasteiger charge is -2.27. The number of carbonyl (C=O) groups excluding carboxylic acids is 1. The van der Waals surface area contributed by atoms with Crippen molar-refractivity contribution in [3.63, 3.8) is 0 Å². The number of phenolic OH excluding ortho intramolecular Hbond substituents is 1. The van der Waals surface area contributed by atoms with E-state index in [1.54, 1.807) is 0 Å². The van der Waals surface area contributed by atoms with Gasteiger partial charge in [-0.2, -0.15) is 0 Å². The molecule has 3 saturated heterocycles. The Balaban J connectivity index is 1.08. The second-order valence-corrected chi connectivity index (χ2v) is 18.6. The lowest BCUT2D eigenvalue weighted by atomic mass is 10.1. The second kappa shape index (κ2) is 16.3. The van der Waals surface area contributed by atoms with Crippen LogP contribution in [-0.4, -0.2) is 95.0 Å². The van der Waals surface area contributed by atoms with E-state index in [2.05, 4.69) is 15.0 Å². The number of H-pyrrole nitrogens is 1. The van der Waals surface area contributed by atoms with Gasteiger partial charge in [-0.1, -0.05) is 12.1 Å². The molecule has 312 valence electrons. The van der Waals surface area contributed by atoms with Crippen LogP contribution in [0.15, 0.2) is 83.0 Å². The van der Waals surface area contributed by atoms with Gasteiger partial charge in [-0.05, 0) is 53.3 Å². The minimum atomic E-state index is -5.28. The number of rotatable bonds is 7. The van der Waals surface area contributed by atoms with E-state index in [-0.39, 0.29) is 39.8 Å². The topological polar surface area (TPSA) is 281 Å². The third kappa shape index (κ3) is 8.59. The Hall–Kier alpha value is -4.87. The fraction of sp³-hybridized carbons (Fsp3) is 0.333. The Morgan fingerprint density at radius 1 is 0.915 bits per heavy atom. The van der Waals surface area contributed by atoms with Gasteiger partial charge in [-0.3, -0.25) is 37.0 Å². The van der Waals surface area contributed by atoms with Crippen LogP contribution in [0.25, 0.3) is 11.2 Å². The number of phosphoric acid groups is 1. The molecule has 0 amide bonds. The van der Waals surface area contributed by atoms with Crippen molar-refractivity contribution < 1.29 is 65.0 Å². The van der Waals surface area contributed by atoms with Gasteiger partial charge in [0.05, 0.1) is 25.1 Å². The average molecular weight is 882 g/mol. The first-order valence-corrected chi connectivity index (χ1v) is 22.0. The van der Waals surface area contributed by atoms with E-state index < -0.39 is 94.3 Å². The van der Waals surface area contributed by atoms with Gasteiger partial charge >= 0.3 is 26.3 Å². The van der Waals surface area contributed by atoms with Crippen molar-refractivity contribution in [3.05, 3.63) is 105 Å². The van der Waals surface area contributed by atoms with Gasteiger partial charge in [0.15, 0.2) is 36.3 Å². The van der Waals surface area contributed by atoms with Crippen LogP contribution < -0.4 is 21.7 Å². The number of hydrogen-bond donors (Lipinski definition) is 4. The first-order chi connectivity index (χ1) is 28.2. The van der Waals surface area contributed by atoms with Gasteiger partial charge in [-0.15, -0.1) is 0 Å². The van der Waals surface area contributed by atoms with Crippen molar-refractivity contribution in [2.45, 2.75) is 55.0 Å². The van der Waals surface area contributed by atoms with E-state index >= 15 is 8.78 Å². The van der Waals surface area contributed by atoms with Crippen molar-refractivity contribution in [3.8, 4) is 11.5 Å². The summed E-state index contributed by atoms with van der Waals surface area (Å²) in [4.78, 5) is 61.8. The zero-order valence-electron chi connectivity index (χ0n) is 29.8. The minimum Gasteiger partial charge on any atom is -0.508 e. The molecule has 2 bridgehead atoms. The normalized spacial score (nSPS) is 31.2. The van der Waals surface area contributed by atoms with Gasteiger partial charge in [0.2, 0.25) is 0 Å². The highest BCUT2D eigenvalue weighted by atomic mass is 32.7. The number of halogens is 2. The molecule has 3 aliphatic rings. The number of ether oxygens (including phenoxy) is 3. The summed E-state index contributed by atoms with van der Waals surface area (Å²) in [5, 5.41) is 9.49. The summed E-state index contributed by atoms with van der Waals surface area (Å²) in [6.45, 7) is -6.50. The van der Waals surface area contributed by atoms with E-state index in [0.717, 1.165) is 18.6 Å². The summed E-state index contributed by atoms with van der Waals surface area (Å²) in [6.07, 6.45) is -11.9. The molecule has 1 unspecified atom stereocenters. The summed E-state index contributed by atoms with van der Waals surface area (Å²) in [7, 11) is -5.28. The number of carbonyl (C=O) groups is 1. The molecule has 21 nitrogen and oxygen atoms in total. The summed E-state index contributed by atoms with van der Waals surface area (Å²) < 4.78 is 102. The Labute approximate surface area is 333 Å². The minimum absolute atomic E-state index is 0.0289. The number of nitrogens with two attached hydrogens (primary N) is 1. The van der Waals surface area contributed by atoms with E-state index in [4.69, 9.17) is 38.0 Å². The van der Waals surface area contributed by atoms with E-state index in [9.17, 15) is 33.5 Å². The average Bonchev–Trinajstić information content (AvgIpc) is 3.86. The molecular weight excluding hydrogens is 850 g/mol. The summed E-state index contributed by atoms with van der Waals surface area (Å²) in [5.74, 6) is -0.767. The van der Waals surface area contributed by atoms with Gasteiger partial charge in [0, 0.05) is 18.0 Å². The quantitative estimate of drug-likeness (QED) is 0.104. The Morgan fingerprint density at radius 3 is 2.39 bits per heavy atom. The fourth-order valence-corrected chi connectivity index (χ4v) is 10.7. The number of aromatic amines is 1. The maximum Gasteiger partial charge on any atom is 0.472 e. The number of fused-ring (bicyclic) bond motifs is 4. The molecule has 0 aliphatic carbocycles. The van der Waals surface area contributed by atoms with Crippen LogP contribution in [0.4, 0.5) is 14.6 Å². The van der Waals surface area contributed by atoms with Crippen LogP contribution in [0.3, 0.4) is 0 Å². The molecule has 59 heavy (non-hydrogen) atoms. The highest BCUT2D eigenvalue weighted by Gasteiger charge is 2.55. The molecule has 3 aliphatic heterocycles. The number of esters is 1. The molecule has 0 saturated carbocycles. The molecular formula is C33H31F2N7O14P2S. The van der Waals surface area contributed by atoms with Crippen molar-refractivity contribution in [1.82, 2.24) is 29.1 Å². The maximum absolute atomic E-state index is 16.4. The fourth-order valence-electron chi connectivity index (χ4n) is 6.36. The van der Waals surface area contributed by atoms with Crippen LogP contribution in [-0.2, 0) is 42.5 Å². The maximum atomic E-state index is 16.4. The number of aromatic hydroxyl groups is 1. The highest BCUT2D eigenvalue weighted by Crippen LogP contribution is 2.64. The van der Waals surface area contributed by atoms with Gasteiger partial charge in [-0.25, -0.2) is 42.5 Å². The second-order valence-electron chi connectivity index (χ2n) is 13.1. The van der Waals surface area contributed by atoms with Gasteiger partial charge < -0.3 is 29.9 Å². The number of nitrogens with one attached hydrogen (secondary N) is 1. The molecule has 2 aromatic carbocycles. The smallest absolute Gasteiger partial charge is 0.472 e. The van der Waals surface area contributed by atoms with Gasteiger partial charge in [0.1, 0.15) is 47.8 Å². The number of benzene rings is 2. The molecule has 6 heterocycles. The predicted octanol–water partition coefficient (Wildman–Crippen LogP) is 3.31. The van der Waals surface area contributed by atoms with Crippen LogP contribution >= 0.6 is 26.0 Å². The standard InChI is InChI=1S/C33H31F2N7O14P2S/c34-23-20-11-51-58(49,59-13-16-1-7-19(8-2-16)52-32(45)17-3-5-18(43)6-4-17)56-26-21(54-30(24(26)35)41-10-9-22(44)40-33(41)46)12-50-57(47,48)55-27(23)31(53-20)42-15-39-25-28(36)37-14-38-29(25)42/h1-10,14-15,20-21,23-24,26-27,30-31,43H,11-13H2,(H,47,48)(H2,36,37,38)(H,40,44,46)/t20-,21-,23-,24-,26-,27-,30-,31-,58-/m1/s1. The number of alkyl halides is 2. The molecule has 26 heteroatoms. The number of nitrogens with zero attached hydrogens (tertiary/aromatic N) is 5. The van der Waals surface area contributed by atoms with Crippen molar-refractivity contribution >= 4 is 49.0 Å². The van der Waals surface area contributed by atoms with E-state index in [0.29, 0.717) is 21.5 Å². The zero-order chi connectivity index (χ0) is 41.6. The van der Waals surface area contributed by atoms with Crippen LogP contribution in [0.2, 0.25) is 0 Å². The molecule has 5 N–H and O–H groups in total. The number of phosphoric ester groups is 1. The molecule has 8 rings (SSSR count). The van der Waals surface area contributed by atoms with Gasteiger partial charge in [0.25, 0.3) is 5.56 Å². The molecule has 3 fully saturated rings. The summed E-state index contributed by atoms with van der Waals surface area (Å²) in [5.41, 5.74) is 4.84. The van der Waals surface area contributed by atoms with Crippen molar-refractivity contribution in [2.24, 2.45) is 0 Å². The predicted molar refractivity (Wildman–Crippen MR) is 199 cm³/mol. The first kappa shape index (κ1) is 40.9. The first-order valence-electron chi connectivity index (χ1n) is 17.3. The van der Waals surface area contributed by atoms with Crippen LogP contribution in [0, 0.1) is 0 Å². The lowest BCUT2D eigenvalue weighted by molar-refractivity contribution is -0.0640. The van der Waals surface area contributed by atoms with Crippen LogP contribution in [0.5, 0.6) is 11.5 Å². The molecule has 0 spiro atoms. The molecule has 10 atom stereocenters. The highest BCUT2D eigenvalue weighted by molar-refractivity contribution is 8.54. The van der Waals surface area contributed by atoms with Crippen LogP contribution in [0.1, 0.15) is 28.4 Å². The molecule has 3 aromatic heterocycles. The SMILES string of the molecule is Nc1ncnc2c1ncn2[C@@H]1O[C@@H]2CO[P@@](=O)(SCc3ccc(OC(=O)c4ccc(O)cc4)cc3)O[C@H]3[C@@H](F)[C@H](n4ccc(=O)[nH]c4=O)O[C@@H]3COP(=O)(O)O[C@@H]1[C@@H]2F. The zero-order valence-corrected chi connectivity index (χ0v) is 32.4. The van der Waals surface area contributed by atoms with Crippen molar-refractivity contribution in [1.29, 1.82) is 0 Å². The van der Waals surface area contributed by atoms with Crippen molar-refractivity contribution in [2.75, 3.05) is 18.9 Å². The Kier molecular flexibility index (Phi) is 11.3. The number of hydrogen-bond acceptors (Lipinski definition) is 18. The number of phenols is 1. The number of imidazole rings is 1. The summed E-state index contributed by atoms with van der Waals surface area (Å²) in [6, 6.07) is 12.3. The largest absolute Gasteiger partial charge is 0.508 e. The third-order valence-electron chi connectivity index (χ3n) is 9.25. The van der Waals surface area contributed by atoms with E-state index in [1.165, 1.54) is 59.4 Å². The number of nitrogen functional groups attached to an aromatic ring is 1.